The number of thioether (sulfide) groups is 1. The van der Waals surface area contributed by atoms with Gasteiger partial charge in [0.2, 0.25) is 0 Å². The number of hydrogen-bond acceptors (Lipinski definition) is 5. The molecule has 1 fully saturated rings. The number of carbonyl (C=O) groups is 2. The summed E-state index contributed by atoms with van der Waals surface area (Å²) in [5, 5.41) is 17.5. The topological polar surface area (TPSA) is 93.7 Å². The number of carboxylic acid groups (broad SMARTS) is 1. The number of nitrogens with zero attached hydrogens (tertiary/aromatic N) is 1. The van der Waals surface area contributed by atoms with Crippen LogP contribution < -0.4 is 16.0 Å². The highest BCUT2D eigenvalue weighted by Crippen LogP contribution is 2.01. The third-order valence-corrected chi connectivity index (χ3v) is 4.00. The molecule has 1 saturated heterocycles. The van der Waals surface area contributed by atoms with Crippen LogP contribution in [0, 0.1) is 0 Å². The third-order valence-electron chi connectivity index (χ3n) is 3.36. The van der Waals surface area contributed by atoms with Crippen molar-refractivity contribution < 1.29 is 14.7 Å². The van der Waals surface area contributed by atoms with Gasteiger partial charge in [0.15, 0.2) is 0 Å². The Labute approximate surface area is 130 Å². The molecule has 1 unspecified atom stereocenters. The van der Waals surface area contributed by atoms with E-state index in [1.54, 1.807) is 11.8 Å². The summed E-state index contributed by atoms with van der Waals surface area (Å²) in [6.07, 6.45) is 3.22. The van der Waals surface area contributed by atoms with E-state index in [-0.39, 0.29) is 0 Å². The lowest BCUT2D eigenvalue weighted by molar-refractivity contribution is -0.139. The van der Waals surface area contributed by atoms with Crippen LogP contribution in [-0.4, -0.2) is 79.3 Å². The van der Waals surface area contributed by atoms with Crippen molar-refractivity contribution in [3.8, 4) is 0 Å². The standard InChI is InChI=1S/C13H26N4O3S/c1-21-10-3-11(12(18)19)16-13(20)15-4-2-7-17-8-5-14-6-9-17/h11,14H,2-10H2,1H3,(H,18,19)(H2,15,16,20). The second-order valence-corrected chi connectivity index (χ2v) is 6.00. The Balaban J connectivity index is 2.12. The SMILES string of the molecule is CSCCC(NC(=O)NCCCN1CCNCC1)C(=O)O. The Morgan fingerprint density at radius 2 is 2.10 bits per heavy atom. The molecule has 0 aromatic carbocycles. The Hall–Kier alpha value is -0.990. The second kappa shape index (κ2) is 10.7. The lowest BCUT2D eigenvalue weighted by Crippen LogP contribution is -2.47. The molecule has 122 valence electrons. The Bertz CT molecular complexity index is 325. The molecule has 0 radical (unpaired) electrons. The molecule has 2 amide bonds. The van der Waals surface area contributed by atoms with Crippen molar-refractivity contribution in [2.45, 2.75) is 18.9 Å². The van der Waals surface area contributed by atoms with E-state index in [2.05, 4.69) is 20.9 Å². The quantitative estimate of drug-likeness (QED) is 0.440. The van der Waals surface area contributed by atoms with Gasteiger partial charge in [0.25, 0.3) is 0 Å². The van der Waals surface area contributed by atoms with Gasteiger partial charge in [-0.05, 0) is 31.4 Å². The largest absolute Gasteiger partial charge is 0.480 e. The molecule has 1 heterocycles. The van der Waals surface area contributed by atoms with Crippen LogP contribution in [0.5, 0.6) is 0 Å². The van der Waals surface area contributed by atoms with Crippen LogP contribution in [0.1, 0.15) is 12.8 Å². The summed E-state index contributed by atoms with van der Waals surface area (Å²) in [6, 6.07) is -1.21. The zero-order valence-electron chi connectivity index (χ0n) is 12.6. The smallest absolute Gasteiger partial charge is 0.326 e. The second-order valence-electron chi connectivity index (χ2n) is 5.02. The number of carbonyl (C=O) groups excluding carboxylic acids is 1. The van der Waals surface area contributed by atoms with Gasteiger partial charge in [0, 0.05) is 32.7 Å². The first-order valence-corrected chi connectivity index (χ1v) is 8.72. The summed E-state index contributed by atoms with van der Waals surface area (Å²) >= 11 is 1.57. The minimum Gasteiger partial charge on any atom is -0.480 e. The summed E-state index contributed by atoms with van der Waals surface area (Å²) in [5.41, 5.74) is 0. The van der Waals surface area contributed by atoms with Crippen LogP contribution in [0.4, 0.5) is 4.79 Å². The Kier molecular flexibility index (Phi) is 9.20. The maximum Gasteiger partial charge on any atom is 0.326 e. The molecule has 0 aliphatic carbocycles. The van der Waals surface area contributed by atoms with Crippen molar-refractivity contribution in [3.05, 3.63) is 0 Å². The molecule has 21 heavy (non-hydrogen) atoms. The number of piperazine rings is 1. The highest BCUT2D eigenvalue weighted by molar-refractivity contribution is 7.98. The van der Waals surface area contributed by atoms with Crippen LogP contribution in [0.3, 0.4) is 0 Å². The van der Waals surface area contributed by atoms with Gasteiger partial charge in [-0.15, -0.1) is 0 Å². The molecular weight excluding hydrogens is 292 g/mol. The number of rotatable bonds is 9. The number of urea groups is 1. The van der Waals surface area contributed by atoms with Crippen LogP contribution in [0.2, 0.25) is 0 Å². The van der Waals surface area contributed by atoms with Crippen molar-refractivity contribution in [2.24, 2.45) is 0 Å². The average Bonchev–Trinajstić information content (AvgIpc) is 2.48. The summed E-state index contributed by atoms with van der Waals surface area (Å²) in [5.74, 6) is -0.278. The predicted octanol–water partition coefficient (Wildman–Crippen LogP) is -0.213. The number of amides is 2. The van der Waals surface area contributed by atoms with E-state index < -0.39 is 18.0 Å². The van der Waals surface area contributed by atoms with Gasteiger partial charge in [0.1, 0.15) is 6.04 Å². The van der Waals surface area contributed by atoms with Gasteiger partial charge in [-0.2, -0.15) is 11.8 Å². The molecule has 0 spiro atoms. The Morgan fingerprint density at radius 3 is 2.71 bits per heavy atom. The van der Waals surface area contributed by atoms with Gasteiger partial charge < -0.3 is 26.0 Å². The Morgan fingerprint density at radius 1 is 1.38 bits per heavy atom. The first kappa shape index (κ1) is 18.1. The normalized spacial score (nSPS) is 17.2. The third kappa shape index (κ3) is 8.13. The fourth-order valence-electron chi connectivity index (χ4n) is 2.14. The first-order chi connectivity index (χ1) is 10.1. The monoisotopic (exact) mass is 318 g/mol. The van der Waals surface area contributed by atoms with Gasteiger partial charge in [0.05, 0.1) is 0 Å². The average molecular weight is 318 g/mol. The molecule has 4 N–H and O–H groups in total. The van der Waals surface area contributed by atoms with Gasteiger partial charge in [-0.1, -0.05) is 0 Å². The van der Waals surface area contributed by atoms with Gasteiger partial charge in [-0.3, -0.25) is 0 Å². The predicted molar refractivity (Wildman–Crippen MR) is 84.9 cm³/mol. The van der Waals surface area contributed by atoms with E-state index in [9.17, 15) is 9.59 Å². The molecular formula is C13H26N4O3S. The summed E-state index contributed by atoms with van der Waals surface area (Å²) in [6.45, 7) is 5.64. The van der Waals surface area contributed by atoms with Crippen molar-refractivity contribution in [2.75, 3.05) is 51.3 Å². The number of nitrogens with one attached hydrogen (secondary N) is 3. The van der Waals surface area contributed by atoms with E-state index in [4.69, 9.17) is 5.11 Å². The molecule has 1 atom stereocenters. The minimum atomic E-state index is -0.986. The molecule has 8 heteroatoms. The fraction of sp³-hybridized carbons (Fsp3) is 0.846. The highest BCUT2D eigenvalue weighted by Gasteiger charge is 2.19. The zero-order chi connectivity index (χ0) is 15.5. The number of hydrogen-bond donors (Lipinski definition) is 4. The van der Waals surface area contributed by atoms with Crippen molar-refractivity contribution >= 4 is 23.8 Å². The van der Waals surface area contributed by atoms with E-state index >= 15 is 0 Å². The summed E-state index contributed by atoms with van der Waals surface area (Å²) in [4.78, 5) is 25.0. The van der Waals surface area contributed by atoms with Crippen molar-refractivity contribution in [3.63, 3.8) is 0 Å². The minimum absolute atomic E-state index is 0.399. The molecule has 7 nitrogen and oxygen atoms in total. The molecule has 1 rings (SSSR count). The summed E-state index contributed by atoms with van der Waals surface area (Å²) in [7, 11) is 0. The molecule has 0 bridgehead atoms. The van der Waals surface area contributed by atoms with Crippen LogP contribution >= 0.6 is 11.8 Å². The molecule has 0 aromatic rings. The van der Waals surface area contributed by atoms with Crippen LogP contribution in [0.25, 0.3) is 0 Å². The lowest BCUT2D eigenvalue weighted by atomic mass is 10.2. The van der Waals surface area contributed by atoms with Gasteiger partial charge >= 0.3 is 12.0 Å². The molecule has 0 aromatic heterocycles. The summed E-state index contributed by atoms with van der Waals surface area (Å²) < 4.78 is 0. The number of aliphatic carboxylic acids is 1. The van der Waals surface area contributed by atoms with Crippen LogP contribution in [-0.2, 0) is 4.79 Å². The molecule has 1 aliphatic heterocycles. The highest BCUT2D eigenvalue weighted by atomic mass is 32.2. The molecule has 0 saturated carbocycles. The number of carboxylic acids is 1. The van der Waals surface area contributed by atoms with E-state index in [0.29, 0.717) is 18.7 Å². The van der Waals surface area contributed by atoms with Crippen LogP contribution in [0.15, 0.2) is 0 Å². The maximum absolute atomic E-state index is 11.7. The van der Waals surface area contributed by atoms with Crippen molar-refractivity contribution in [1.82, 2.24) is 20.9 Å². The zero-order valence-corrected chi connectivity index (χ0v) is 13.4. The van der Waals surface area contributed by atoms with E-state index in [1.807, 2.05) is 6.26 Å². The lowest BCUT2D eigenvalue weighted by Gasteiger charge is -2.27. The fourth-order valence-corrected chi connectivity index (χ4v) is 2.61. The molecule has 1 aliphatic rings. The van der Waals surface area contributed by atoms with E-state index in [0.717, 1.165) is 39.1 Å². The van der Waals surface area contributed by atoms with E-state index in [1.165, 1.54) is 0 Å². The van der Waals surface area contributed by atoms with Crippen molar-refractivity contribution in [1.29, 1.82) is 0 Å². The van der Waals surface area contributed by atoms with Gasteiger partial charge in [-0.25, -0.2) is 9.59 Å². The first-order valence-electron chi connectivity index (χ1n) is 7.32. The maximum atomic E-state index is 11.7.